The highest BCUT2D eigenvalue weighted by atomic mass is 35.5. The zero-order valence-corrected chi connectivity index (χ0v) is 8.08. The van der Waals surface area contributed by atoms with E-state index in [9.17, 15) is 0 Å². The van der Waals surface area contributed by atoms with Crippen molar-refractivity contribution in [1.82, 2.24) is 15.2 Å². The van der Waals surface area contributed by atoms with Gasteiger partial charge in [-0.3, -0.25) is 0 Å². The summed E-state index contributed by atoms with van der Waals surface area (Å²) in [6, 6.07) is 0. The lowest BCUT2D eigenvalue weighted by Crippen LogP contribution is -2.25. The number of nitrogens with zero attached hydrogens (tertiary/aromatic N) is 3. The summed E-state index contributed by atoms with van der Waals surface area (Å²) < 4.78 is 4.54. The van der Waals surface area contributed by atoms with Crippen LogP contribution in [0.3, 0.4) is 0 Å². The Labute approximate surface area is 81.1 Å². The van der Waals surface area contributed by atoms with Gasteiger partial charge in [-0.1, -0.05) is 17.7 Å². The Hall–Kier alpha value is -0.870. The maximum Gasteiger partial charge on any atom is 0.201 e. The van der Waals surface area contributed by atoms with Gasteiger partial charge in [0, 0.05) is 13.1 Å². The molecule has 1 aromatic heterocycles. The SMILES string of the molecule is CN1CCC=C(c2nonc2Cl)C1. The van der Waals surface area contributed by atoms with E-state index in [2.05, 4.69) is 33.0 Å². The van der Waals surface area contributed by atoms with E-state index in [1.165, 1.54) is 0 Å². The fourth-order valence-electron chi connectivity index (χ4n) is 1.43. The molecule has 4 nitrogen and oxygen atoms in total. The number of rotatable bonds is 1. The summed E-state index contributed by atoms with van der Waals surface area (Å²) >= 11 is 5.79. The topological polar surface area (TPSA) is 42.2 Å². The van der Waals surface area contributed by atoms with E-state index in [0.29, 0.717) is 10.8 Å². The molecule has 70 valence electrons. The second-order valence-corrected chi connectivity index (χ2v) is 3.52. The molecule has 0 N–H and O–H groups in total. The van der Waals surface area contributed by atoms with Crippen LogP contribution in [-0.2, 0) is 0 Å². The third kappa shape index (κ3) is 1.73. The lowest BCUT2D eigenvalue weighted by Gasteiger charge is -2.21. The zero-order valence-electron chi connectivity index (χ0n) is 7.33. The molecule has 0 unspecified atom stereocenters. The molecule has 1 aliphatic rings. The first-order valence-electron chi connectivity index (χ1n) is 4.13. The van der Waals surface area contributed by atoms with Gasteiger partial charge in [0.1, 0.15) is 0 Å². The Morgan fingerprint density at radius 1 is 1.54 bits per heavy atom. The third-order valence-electron chi connectivity index (χ3n) is 2.09. The van der Waals surface area contributed by atoms with Crippen molar-refractivity contribution in [3.05, 3.63) is 16.9 Å². The maximum absolute atomic E-state index is 5.79. The minimum Gasteiger partial charge on any atom is -0.302 e. The molecule has 2 heterocycles. The van der Waals surface area contributed by atoms with Crippen molar-refractivity contribution in [3.63, 3.8) is 0 Å². The minimum atomic E-state index is 0.349. The monoisotopic (exact) mass is 199 g/mol. The van der Waals surface area contributed by atoms with Gasteiger partial charge in [0.25, 0.3) is 0 Å². The average Bonchev–Trinajstić information content (AvgIpc) is 2.51. The normalized spacial score (nSPS) is 18.8. The number of halogens is 1. The number of likely N-dealkylation sites (N-methyl/N-ethyl adjacent to an activating group) is 1. The van der Waals surface area contributed by atoms with Crippen LogP contribution in [0, 0.1) is 0 Å². The van der Waals surface area contributed by atoms with Gasteiger partial charge in [-0.05, 0) is 29.4 Å². The van der Waals surface area contributed by atoms with Crippen molar-refractivity contribution in [2.75, 3.05) is 20.1 Å². The van der Waals surface area contributed by atoms with Gasteiger partial charge in [0.2, 0.25) is 5.15 Å². The Morgan fingerprint density at radius 3 is 3.00 bits per heavy atom. The molecule has 0 atom stereocenters. The summed E-state index contributed by atoms with van der Waals surface area (Å²) in [6.07, 6.45) is 3.15. The summed E-state index contributed by atoms with van der Waals surface area (Å²) in [5.74, 6) is 0. The van der Waals surface area contributed by atoms with Gasteiger partial charge in [-0.25, -0.2) is 4.63 Å². The fourth-order valence-corrected chi connectivity index (χ4v) is 1.62. The predicted octanol–water partition coefficient (Wildman–Crippen LogP) is 1.44. The fraction of sp³-hybridized carbons (Fsp3) is 0.500. The van der Waals surface area contributed by atoms with Gasteiger partial charge >= 0.3 is 0 Å². The minimum absolute atomic E-state index is 0.349. The zero-order chi connectivity index (χ0) is 9.26. The molecular weight excluding hydrogens is 190 g/mol. The molecule has 1 aliphatic heterocycles. The lowest BCUT2D eigenvalue weighted by atomic mass is 10.1. The largest absolute Gasteiger partial charge is 0.302 e. The highest BCUT2D eigenvalue weighted by Crippen LogP contribution is 2.23. The van der Waals surface area contributed by atoms with E-state index >= 15 is 0 Å². The van der Waals surface area contributed by atoms with E-state index in [1.54, 1.807) is 0 Å². The smallest absolute Gasteiger partial charge is 0.201 e. The Morgan fingerprint density at radius 2 is 2.38 bits per heavy atom. The van der Waals surface area contributed by atoms with Crippen molar-refractivity contribution >= 4 is 17.2 Å². The number of hydrogen-bond donors (Lipinski definition) is 0. The first-order valence-corrected chi connectivity index (χ1v) is 4.51. The molecule has 0 aliphatic carbocycles. The second kappa shape index (κ2) is 3.47. The third-order valence-corrected chi connectivity index (χ3v) is 2.34. The van der Waals surface area contributed by atoms with Crippen LogP contribution in [0.15, 0.2) is 10.7 Å². The molecule has 0 aromatic carbocycles. The van der Waals surface area contributed by atoms with Gasteiger partial charge in [0.15, 0.2) is 5.69 Å². The van der Waals surface area contributed by atoms with Crippen molar-refractivity contribution in [2.24, 2.45) is 0 Å². The van der Waals surface area contributed by atoms with Crippen molar-refractivity contribution < 1.29 is 4.63 Å². The van der Waals surface area contributed by atoms with Crippen LogP contribution in [0.25, 0.3) is 5.57 Å². The van der Waals surface area contributed by atoms with E-state index < -0.39 is 0 Å². The molecule has 5 heteroatoms. The van der Waals surface area contributed by atoms with E-state index in [1.807, 2.05) is 0 Å². The van der Waals surface area contributed by atoms with Crippen molar-refractivity contribution in [3.8, 4) is 0 Å². The van der Waals surface area contributed by atoms with Gasteiger partial charge in [-0.15, -0.1) is 0 Å². The Balaban J connectivity index is 2.26. The van der Waals surface area contributed by atoms with E-state index in [4.69, 9.17) is 11.6 Å². The Bertz CT molecular complexity index is 334. The molecular formula is C8H10ClN3O. The molecule has 0 fully saturated rings. The molecule has 0 bridgehead atoms. The highest BCUT2D eigenvalue weighted by molar-refractivity contribution is 6.30. The van der Waals surface area contributed by atoms with Crippen LogP contribution in [0.4, 0.5) is 0 Å². The summed E-state index contributed by atoms with van der Waals surface area (Å²) in [6.45, 7) is 1.93. The predicted molar refractivity (Wildman–Crippen MR) is 49.4 cm³/mol. The molecule has 0 amide bonds. The molecule has 13 heavy (non-hydrogen) atoms. The number of aromatic nitrogens is 2. The molecule has 0 saturated carbocycles. The first kappa shape index (κ1) is 8.72. The van der Waals surface area contributed by atoms with Crippen molar-refractivity contribution in [1.29, 1.82) is 0 Å². The van der Waals surface area contributed by atoms with Crippen LogP contribution in [0.2, 0.25) is 5.15 Å². The highest BCUT2D eigenvalue weighted by Gasteiger charge is 2.16. The van der Waals surface area contributed by atoms with Crippen LogP contribution in [0.5, 0.6) is 0 Å². The van der Waals surface area contributed by atoms with Gasteiger partial charge < -0.3 is 4.90 Å². The molecule has 2 rings (SSSR count). The van der Waals surface area contributed by atoms with Crippen LogP contribution in [-0.4, -0.2) is 35.4 Å². The summed E-state index contributed by atoms with van der Waals surface area (Å²) in [7, 11) is 2.06. The Kier molecular flexibility index (Phi) is 2.33. The van der Waals surface area contributed by atoms with Gasteiger partial charge in [-0.2, -0.15) is 0 Å². The summed E-state index contributed by atoms with van der Waals surface area (Å²) in [5, 5.41) is 7.65. The van der Waals surface area contributed by atoms with Crippen LogP contribution in [0.1, 0.15) is 12.1 Å². The maximum atomic E-state index is 5.79. The number of hydrogen-bond acceptors (Lipinski definition) is 4. The molecule has 1 aromatic rings. The summed E-state index contributed by atoms with van der Waals surface area (Å²) in [5.41, 5.74) is 1.77. The quantitative estimate of drug-likeness (QED) is 0.687. The van der Waals surface area contributed by atoms with E-state index in [0.717, 1.165) is 25.1 Å². The summed E-state index contributed by atoms with van der Waals surface area (Å²) in [4.78, 5) is 2.21. The van der Waals surface area contributed by atoms with Crippen molar-refractivity contribution in [2.45, 2.75) is 6.42 Å². The average molecular weight is 200 g/mol. The van der Waals surface area contributed by atoms with Crippen LogP contribution < -0.4 is 0 Å². The first-order chi connectivity index (χ1) is 6.27. The van der Waals surface area contributed by atoms with Gasteiger partial charge in [0.05, 0.1) is 0 Å². The van der Waals surface area contributed by atoms with E-state index in [-0.39, 0.29) is 0 Å². The lowest BCUT2D eigenvalue weighted by molar-refractivity contribution is 0.305. The molecule has 0 spiro atoms. The second-order valence-electron chi connectivity index (χ2n) is 3.16. The van der Waals surface area contributed by atoms with Crippen LogP contribution >= 0.6 is 11.6 Å². The molecule has 0 radical (unpaired) electrons. The molecule has 0 saturated heterocycles. The standard InChI is InChI=1S/C8H10ClN3O/c1-12-4-2-3-6(5-12)7-8(9)11-13-10-7/h3H,2,4-5H2,1H3.